The summed E-state index contributed by atoms with van der Waals surface area (Å²) in [5.41, 5.74) is 1.83. The van der Waals surface area contributed by atoms with Gasteiger partial charge in [-0.2, -0.15) is 0 Å². The summed E-state index contributed by atoms with van der Waals surface area (Å²) in [6.07, 6.45) is 6.25. The zero-order chi connectivity index (χ0) is 18.5. The van der Waals surface area contributed by atoms with Crippen molar-refractivity contribution >= 4 is 22.4 Å². The lowest BCUT2D eigenvalue weighted by atomic mass is 9.96. The minimum atomic E-state index is -0.0790. The van der Waals surface area contributed by atoms with Crippen molar-refractivity contribution in [3.05, 3.63) is 40.4 Å². The third-order valence-corrected chi connectivity index (χ3v) is 5.99. The molecule has 0 aliphatic heterocycles. The molecule has 0 saturated heterocycles. The van der Waals surface area contributed by atoms with E-state index in [2.05, 4.69) is 15.6 Å². The molecule has 1 aliphatic rings. The van der Waals surface area contributed by atoms with Crippen molar-refractivity contribution in [2.45, 2.75) is 58.0 Å². The van der Waals surface area contributed by atoms with Gasteiger partial charge in [-0.05, 0) is 44.4 Å². The number of nitrogens with one attached hydrogen (secondary N) is 2. The van der Waals surface area contributed by atoms with Crippen LogP contribution in [0.1, 0.15) is 66.0 Å². The van der Waals surface area contributed by atoms with Gasteiger partial charge in [-0.1, -0.05) is 42.7 Å². The van der Waals surface area contributed by atoms with Gasteiger partial charge in [0, 0.05) is 6.04 Å². The number of carbonyl (C=O) groups is 1. The lowest BCUT2D eigenvalue weighted by Crippen LogP contribution is -2.26. The van der Waals surface area contributed by atoms with Gasteiger partial charge in [0.05, 0.1) is 18.8 Å². The van der Waals surface area contributed by atoms with E-state index in [1.54, 1.807) is 7.11 Å². The summed E-state index contributed by atoms with van der Waals surface area (Å²) in [5, 5.41) is 7.44. The topological polar surface area (TPSA) is 63.2 Å². The molecule has 1 amide bonds. The molecule has 1 aromatic carbocycles. The number of aromatic nitrogens is 1. The van der Waals surface area contributed by atoms with Crippen LogP contribution in [0.2, 0.25) is 0 Å². The third kappa shape index (κ3) is 4.55. The van der Waals surface area contributed by atoms with Crippen LogP contribution in [-0.2, 0) is 0 Å². The monoisotopic (exact) mass is 373 g/mol. The van der Waals surface area contributed by atoms with Crippen molar-refractivity contribution in [1.82, 2.24) is 10.3 Å². The van der Waals surface area contributed by atoms with Gasteiger partial charge in [0.25, 0.3) is 5.91 Å². The van der Waals surface area contributed by atoms with Crippen molar-refractivity contribution in [1.29, 1.82) is 0 Å². The molecule has 5 nitrogen and oxygen atoms in total. The Morgan fingerprint density at radius 3 is 2.58 bits per heavy atom. The van der Waals surface area contributed by atoms with Crippen LogP contribution in [0.15, 0.2) is 24.3 Å². The second-order valence-electron chi connectivity index (χ2n) is 6.88. The molecule has 140 valence electrons. The minimum absolute atomic E-state index is 0.0694. The van der Waals surface area contributed by atoms with E-state index >= 15 is 0 Å². The molecular weight excluding hydrogens is 346 g/mol. The highest BCUT2D eigenvalue weighted by Crippen LogP contribution is 2.27. The Labute approximate surface area is 159 Å². The van der Waals surface area contributed by atoms with Crippen molar-refractivity contribution in [3.8, 4) is 5.75 Å². The highest BCUT2D eigenvalue weighted by atomic mass is 32.1. The van der Waals surface area contributed by atoms with E-state index in [0.29, 0.717) is 10.9 Å². The smallest absolute Gasteiger partial charge is 0.263 e. The summed E-state index contributed by atoms with van der Waals surface area (Å²) in [6.45, 7) is 3.88. The molecule has 3 rings (SSSR count). The molecule has 6 heteroatoms. The molecule has 1 aliphatic carbocycles. The van der Waals surface area contributed by atoms with Gasteiger partial charge in [-0.15, -0.1) is 0 Å². The number of amides is 1. The zero-order valence-corrected chi connectivity index (χ0v) is 16.5. The lowest BCUT2D eigenvalue weighted by Gasteiger charge is -2.22. The first kappa shape index (κ1) is 18.7. The Kier molecular flexibility index (Phi) is 6.14. The molecule has 1 heterocycles. The number of ether oxygens (including phenoxy) is 1. The molecule has 1 unspecified atom stereocenters. The Bertz CT molecular complexity index is 736. The standard InChI is InChI=1S/C20H27N3O2S/c1-13(15-9-11-17(25-3)12-10-15)21-19(24)18-14(2)22-20(26-18)23-16-7-5-4-6-8-16/h9-13,16H,4-8H2,1-3H3,(H,21,24)(H,22,23). The van der Waals surface area contributed by atoms with Gasteiger partial charge < -0.3 is 15.4 Å². The van der Waals surface area contributed by atoms with E-state index in [-0.39, 0.29) is 11.9 Å². The Hall–Kier alpha value is -2.08. The number of hydrogen-bond donors (Lipinski definition) is 2. The lowest BCUT2D eigenvalue weighted by molar-refractivity contribution is 0.0943. The maximum Gasteiger partial charge on any atom is 0.263 e. The quantitative estimate of drug-likeness (QED) is 0.771. The molecule has 0 spiro atoms. The fourth-order valence-electron chi connectivity index (χ4n) is 3.33. The summed E-state index contributed by atoms with van der Waals surface area (Å²) in [6, 6.07) is 8.16. The molecule has 2 N–H and O–H groups in total. The number of nitrogens with zero attached hydrogens (tertiary/aromatic N) is 1. The van der Waals surface area contributed by atoms with Crippen molar-refractivity contribution in [3.63, 3.8) is 0 Å². The van der Waals surface area contributed by atoms with E-state index in [1.165, 1.54) is 43.4 Å². The van der Waals surface area contributed by atoms with E-state index in [0.717, 1.165) is 22.1 Å². The average Bonchev–Trinajstić information content (AvgIpc) is 3.02. The Morgan fingerprint density at radius 2 is 1.92 bits per heavy atom. The maximum absolute atomic E-state index is 12.7. The summed E-state index contributed by atoms with van der Waals surface area (Å²) >= 11 is 1.45. The SMILES string of the molecule is COc1ccc(C(C)NC(=O)c2sc(NC3CCCCC3)nc2C)cc1. The average molecular weight is 374 g/mol. The predicted molar refractivity (Wildman–Crippen MR) is 106 cm³/mol. The van der Waals surface area contributed by atoms with Gasteiger partial charge in [0.1, 0.15) is 10.6 Å². The molecule has 26 heavy (non-hydrogen) atoms. The minimum Gasteiger partial charge on any atom is -0.497 e. The fraction of sp³-hybridized carbons (Fsp3) is 0.500. The number of methoxy groups -OCH3 is 1. The molecule has 1 fully saturated rings. The second kappa shape index (κ2) is 8.54. The Balaban J connectivity index is 1.63. The van der Waals surface area contributed by atoms with E-state index in [1.807, 2.05) is 38.1 Å². The number of hydrogen-bond acceptors (Lipinski definition) is 5. The number of aryl methyl sites for hydroxylation is 1. The molecule has 0 radical (unpaired) electrons. The molecule has 0 bridgehead atoms. The van der Waals surface area contributed by atoms with E-state index in [9.17, 15) is 4.79 Å². The van der Waals surface area contributed by atoms with Gasteiger partial charge in [0.15, 0.2) is 5.13 Å². The molecule has 1 aromatic heterocycles. The first-order valence-electron chi connectivity index (χ1n) is 9.25. The van der Waals surface area contributed by atoms with Crippen LogP contribution in [0, 0.1) is 6.92 Å². The summed E-state index contributed by atoms with van der Waals surface area (Å²) in [4.78, 5) is 17.9. The third-order valence-electron chi connectivity index (χ3n) is 4.90. The number of carbonyl (C=O) groups excluding carboxylic acids is 1. The van der Waals surface area contributed by atoms with Crippen LogP contribution in [0.3, 0.4) is 0 Å². The van der Waals surface area contributed by atoms with E-state index in [4.69, 9.17) is 4.74 Å². The summed E-state index contributed by atoms with van der Waals surface area (Å²) < 4.78 is 5.18. The molecular formula is C20H27N3O2S. The number of thiazole rings is 1. The summed E-state index contributed by atoms with van der Waals surface area (Å²) in [7, 11) is 1.64. The highest BCUT2D eigenvalue weighted by molar-refractivity contribution is 7.17. The van der Waals surface area contributed by atoms with Crippen LogP contribution >= 0.6 is 11.3 Å². The molecule has 1 saturated carbocycles. The first-order chi connectivity index (χ1) is 12.6. The van der Waals surface area contributed by atoms with Crippen LogP contribution in [0.4, 0.5) is 5.13 Å². The van der Waals surface area contributed by atoms with Crippen molar-refractivity contribution in [2.75, 3.05) is 12.4 Å². The summed E-state index contributed by atoms with van der Waals surface area (Å²) in [5.74, 6) is 0.740. The van der Waals surface area contributed by atoms with Gasteiger partial charge in [-0.25, -0.2) is 4.98 Å². The zero-order valence-electron chi connectivity index (χ0n) is 15.7. The van der Waals surface area contributed by atoms with Gasteiger partial charge in [-0.3, -0.25) is 4.79 Å². The van der Waals surface area contributed by atoms with Gasteiger partial charge >= 0.3 is 0 Å². The van der Waals surface area contributed by atoms with Crippen molar-refractivity contribution < 1.29 is 9.53 Å². The molecule has 1 atom stereocenters. The Morgan fingerprint density at radius 1 is 1.23 bits per heavy atom. The maximum atomic E-state index is 12.7. The molecule has 2 aromatic rings. The number of benzene rings is 1. The van der Waals surface area contributed by atoms with Gasteiger partial charge in [0.2, 0.25) is 0 Å². The van der Waals surface area contributed by atoms with Crippen LogP contribution < -0.4 is 15.4 Å². The van der Waals surface area contributed by atoms with Crippen LogP contribution in [-0.4, -0.2) is 24.0 Å². The van der Waals surface area contributed by atoms with E-state index < -0.39 is 0 Å². The predicted octanol–water partition coefficient (Wildman–Crippen LogP) is 4.70. The number of anilines is 1. The number of rotatable bonds is 6. The second-order valence-corrected chi connectivity index (χ2v) is 7.88. The normalized spacial score (nSPS) is 16.1. The highest BCUT2D eigenvalue weighted by Gasteiger charge is 2.20. The van der Waals surface area contributed by atoms with Crippen LogP contribution in [0.5, 0.6) is 5.75 Å². The van der Waals surface area contributed by atoms with Crippen molar-refractivity contribution in [2.24, 2.45) is 0 Å². The van der Waals surface area contributed by atoms with Crippen LogP contribution in [0.25, 0.3) is 0 Å². The first-order valence-corrected chi connectivity index (χ1v) is 10.1. The fourth-order valence-corrected chi connectivity index (χ4v) is 4.27. The largest absolute Gasteiger partial charge is 0.497 e.